The van der Waals surface area contributed by atoms with Gasteiger partial charge in [-0.05, 0) is 38.5 Å². The fourth-order valence-electron chi connectivity index (χ4n) is 2.97. The summed E-state index contributed by atoms with van der Waals surface area (Å²) in [5, 5.41) is 15.8. The van der Waals surface area contributed by atoms with Crippen LogP contribution in [0.3, 0.4) is 0 Å². The third kappa shape index (κ3) is 5.83. The fraction of sp³-hybridized carbons (Fsp3) is 0.261. The number of anilines is 1. The molecule has 0 fully saturated rings. The van der Waals surface area contributed by atoms with Crippen molar-refractivity contribution in [1.82, 2.24) is 5.16 Å². The summed E-state index contributed by atoms with van der Waals surface area (Å²) < 4.78 is 11.0. The normalized spacial score (nSPS) is 12.8. The number of rotatable bonds is 8. The number of hydrogen-bond donors (Lipinski definition) is 2. The second-order valence-electron chi connectivity index (χ2n) is 7.16. The highest BCUT2D eigenvalue weighted by molar-refractivity contribution is 7.99. The Labute approximate surface area is 195 Å². The maximum Gasteiger partial charge on any atom is 0.412 e. The number of aliphatic carboxylic acids is 1. The summed E-state index contributed by atoms with van der Waals surface area (Å²) in [4.78, 5) is 23.6. The molecule has 0 saturated carbocycles. The second kappa shape index (κ2) is 10.6. The summed E-state index contributed by atoms with van der Waals surface area (Å²) in [6.07, 6.45) is -1.21. The predicted octanol–water partition coefficient (Wildman–Crippen LogP) is 6.32. The van der Waals surface area contributed by atoms with Crippen LogP contribution in [0.5, 0.6) is 0 Å². The van der Waals surface area contributed by atoms with Gasteiger partial charge in [0.15, 0.2) is 5.76 Å². The van der Waals surface area contributed by atoms with E-state index < -0.39 is 23.4 Å². The molecule has 32 heavy (non-hydrogen) atoms. The van der Waals surface area contributed by atoms with Crippen LogP contribution < -0.4 is 5.32 Å². The molecule has 2 N–H and O–H groups in total. The van der Waals surface area contributed by atoms with Crippen molar-refractivity contribution >= 4 is 41.1 Å². The zero-order valence-corrected chi connectivity index (χ0v) is 19.4. The Hall–Kier alpha value is -2.97. The number of ether oxygens (including phenoxy) is 1. The second-order valence-corrected chi connectivity index (χ2v) is 8.89. The van der Waals surface area contributed by atoms with Gasteiger partial charge in [0.1, 0.15) is 17.5 Å². The Bertz CT molecular complexity index is 1120. The lowest BCUT2D eigenvalue weighted by Crippen LogP contribution is -2.17. The van der Waals surface area contributed by atoms with Crippen molar-refractivity contribution in [2.75, 3.05) is 5.32 Å². The van der Waals surface area contributed by atoms with Crippen LogP contribution in [-0.4, -0.2) is 27.6 Å². The molecule has 1 aromatic heterocycles. The van der Waals surface area contributed by atoms with Gasteiger partial charge in [-0.25, -0.2) is 4.79 Å². The van der Waals surface area contributed by atoms with E-state index in [1.54, 1.807) is 39.0 Å². The Balaban J connectivity index is 1.74. The molecule has 7 nitrogen and oxygen atoms in total. The molecular formula is C23H23ClN2O5S. The van der Waals surface area contributed by atoms with Gasteiger partial charge in [-0.3, -0.25) is 10.1 Å². The van der Waals surface area contributed by atoms with Gasteiger partial charge in [-0.2, -0.15) is 0 Å². The molecule has 3 rings (SSSR count). The molecule has 0 aliphatic carbocycles. The van der Waals surface area contributed by atoms with Gasteiger partial charge in [0, 0.05) is 21.9 Å². The number of amides is 1. The molecule has 3 aromatic rings. The van der Waals surface area contributed by atoms with E-state index in [0.29, 0.717) is 39.0 Å². The fourth-order valence-corrected chi connectivity index (χ4v) is 4.02. The monoisotopic (exact) mass is 474 g/mol. The smallest absolute Gasteiger partial charge is 0.412 e. The van der Waals surface area contributed by atoms with Gasteiger partial charge in [0.25, 0.3) is 0 Å². The highest BCUT2D eigenvalue weighted by atomic mass is 35.5. The summed E-state index contributed by atoms with van der Waals surface area (Å²) in [6.45, 7) is 5.10. The van der Waals surface area contributed by atoms with Gasteiger partial charge in [0.05, 0.1) is 5.25 Å². The van der Waals surface area contributed by atoms with E-state index in [0.717, 1.165) is 5.56 Å². The molecule has 0 spiro atoms. The SMILES string of the molecule is Cc1noc(-c2cccc(CSC(C)C(=O)O)c2)c1NC(=O)OC(C)c1ccccc1Cl. The number of carboxylic acid groups (broad SMARTS) is 1. The largest absolute Gasteiger partial charge is 0.480 e. The lowest BCUT2D eigenvalue weighted by molar-refractivity contribution is -0.136. The lowest BCUT2D eigenvalue weighted by Gasteiger charge is -2.15. The average molecular weight is 475 g/mol. The van der Waals surface area contributed by atoms with Crippen molar-refractivity contribution < 1.29 is 24.0 Å². The van der Waals surface area contributed by atoms with Gasteiger partial charge in [-0.15, -0.1) is 11.8 Å². The summed E-state index contributed by atoms with van der Waals surface area (Å²) in [7, 11) is 0. The number of hydrogen-bond acceptors (Lipinski definition) is 6. The average Bonchev–Trinajstić information content (AvgIpc) is 3.12. The van der Waals surface area contributed by atoms with Crippen LogP contribution in [0.4, 0.5) is 10.5 Å². The maximum atomic E-state index is 12.5. The number of carbonyl (C=O) groups excluding carboxylic acids is 1. The Kier molecular flexibility index (Phi) is 7.82. The standard InChI is InChI=1S/C23H23ClN2O5S/c1-13-20(25-23(29)30-14(2)18-9-4-5-10-19(18)24)21(31-26-13)17-8-6-7-16(11-17)12-32-15(3)22(27)28/h4-11,14-15H,12H2,1-3H3,(H,25,29)(H,27,28). The zero-order chi connectivity index (χ0) is 23.3. The third-order valence-electron chi connectivity index (χ3n) is 4.75. The molecule has 0 radical (unpaired) electrons. The Morgan fingerprint density at radius 2 is 1.97 bits per heavy atom. The van der Waals surface area contributed by atoms with Crippen LogP contribution in [-0.2, 0) is 15.3 Å². The van der Waals surface area contributed by atoms with Crippen molar-refractivity contribution in [3.63, 3.8) is 0 Å². The highest BCUT2D eigenvalue weighted by Crippen LogP contribution is 2.33. The number of halogens is 1. The minimum atomic E-state index is -0.854. The quantitative estimate of drug-likeness (QED) is 0.393. The van der Waals surface area contributed by atoms with E-state index in [4.69, 9.17) is 26.0 Å². The van der Waals surface area contributed by atoms with Gasteiger partial charge < -0.3 is 14.4 Å². The topological polar surface area (TPSA) is 102 Å². The summed E-state index contributed by atoms with van der Waals surface area (Å²) >= 11 is 7.50. The van der Waals surface area contributed by atoms with E-state index in [2.05, 4.69) is 10.5 Å². The molecule has 0 bridgehead atoms. The first-order chi connectivity index (χ1) is 15.3. The van der Waals surface area contributed by atoms with Gasteiger partial charge >= 0.3 is 12.1 Å². The van der Waals surface area contributed by atoms with Crippen LogP contribution in [0.2, 0.25) is 5.02 Å². The van der Waals surface area contributed by atoms with Crippen LogP contribution in [0.25, 0.3) is 11.3 Å². The van der Waals surface area contributed by atoms with Crippen molar-refractivity contribution in [1.29, 1.82) is 0 Å². The van der Waals surface area contributed by atoms with E-state index in [9.17, 15) is 9.59 Å². The van der Waals surface area contributed by atoms with Crippen LogP contribution in [0.15, 0.2) is 53.1 Å². The van der Waals surface area contributed by atoms with Crippen LogP contribution in [0, 0.1) is 6.92 Å². The maximum absolute atomic E-state index is 12.5. The summed E-state index contributed by atoms with van der Waals surface area (Å²) in [6, 6.07) is 14.6. The molecule has 168 valence electrons. The number of carboxylic acids is 1. The van der Waals surface area contributed by atoms with Crippen molar-refractivity contribution in [3.8, 4) is 11.3 Å². The number of nitrogens with one attached hydrogen (secondary N) is 1. The molecule has 9 heteroatoms. The van der Waals surface area contributed by atoms with E-state index in [1.807, 2.05) is 30.3 Å². The minimum Gasteiger partial charge on any atom is -0.480 e. The van der Waals surface area contributed by atoms with Gasteiger partial charge in [-0.1, -0.05) is 53.2 Å². The molecule has 0 aliphatic rings. The Morgan fingerprint density at radius 1 is 1.22 bits per heavy atom. The van der Waals surface area contributed by atoms with Crippen molar-refractivity contribution in [3.05, 3.63) is 70.4 Å². The minimum absolute atomic E-state index is 0.392. The molecule has 0 saturated heterocycles. The van der Waals surface area contributed by atoms with E-state index in [-0.39, 0.29) is 0 Å². The van der Waals surface area contributed by atoms with Crippen LogP contribution >= 0.6 is 23.4 Å². The summed E-state index contributed by atoms with van der Waals surface area (Å²) in [5.41, 5.74) is 3.25. The first-order valence-electron chi connectivity index (χ1n) is 9.88. The Morgan fingerprint density at radius 3 is 2.69 bits per heavy atom. The predicted molar refractivity (Wildman–Crippen MR) is 125 cm³/mol. The first-order valence-corrected chi connectivity index (χ1v) is 11.3. The van der Waals surface area contributed by atoms with E-state index >= 15 is 0 Å². The number of carbonyl (C=O) groups is 2. The summed E-state index contributed by atoms with van der Waals surface area (Å²) in [5.74, 6) is 0.0604. The van der Waals surface area contributed by atoms with Crippen molar-refractivity contribution in [2.24, 2.45) is 0 Å². The number of aryl methyl sites for hydroxylation is 1. The van der Waals surface area contributed by atoms with Crippen LogP contribution in [0.1, 0.15) is 36.8 Å². The van der Waals surface area contributed by atoms with E-state index in [1.165, 1.54) is 11.8 Å². The molecule has 1 amide bonds. The molecule has 2 atom stereocenters. The lowest BCUT2D eigenvalue weighted by atomic mass is 10.1. The molecule has 1 heterocycles. The number of aromatic nitrogens is 1. The van der Waals surface area contributed by atoms with Gasteiger partial charge in [0.2, 0.25) is 0 Å². The molecule has 2 unspecified atom stereocenters. The molecule has 2 aromatic carbocycles. The highest BCUT2D eigenvalue weighted by Gasteiger charge is 2.21. The molecule has 0 aliphatic heterocycles. The number of nitrogens with zero attached hydrogens (tertiary/aromatic N) is 1. The first kappa shape index (κ1) is 23.7. The van der Waals surface area contributed by atoms with Crippen molar-refractivity contribution in [2.45, 2.75) is 37.9 Å². The number of benzene rings is 2. The molecular weight excluding hydrogens is 452 g/mol. The number of thioether (sulfide) groups is 1. The zero-order valence-electron chi connectivity index (χ0n) is 17.8. The third-order valence-corrected chi connectivity index (χ3v) is 6.30.